The molecule has 2 aliphatic carbocycles. The Labute approximate surface area is 697 Å². The zero-order valence-electron chi connectivity index (χ0n) is 63.3. The highest BCUT2D eigenvalue weighted by Gasteiger charge is 2.33. The van der Waals surface area contributed by atoms with Gasteiger partial charge in [-0.05, 0) is 198 Å². The number of halogens is 4. The summed E-state index contributed by atoms with van der Waals surface area (Å²) in [6, 6.07) is 61.0. The van der Waals surface area contributed by atoms with Gasteiger partial charge in [-0.3, -0.25) is 15.6 Å². The second-order valence-corrected chi connectivity index (χ2v) is 28.5. The van der Waals surface area contributed by atoms with E-state index in [4.69, 9.17) is 87.2 Å². The normalized spacial score (nSPS) is 12.9. The van der Waals surface area contributed by atoms with Gasteiger partial charge in [0.05, 0.1) is 53.1 Å². The standard InChI is InChI=1S/C18H24N4O2.C17H22N4O2.C16H13BrN4O2.C16H12Cl2N4O2.C16H13ClN4O2/c1-2-13-6-8-14(9-7-13)24-15-12-20-17(19)21-16(15)22-18(23)10-4-3-5-11-18;1-12-5-7-13(8-6-12)23-14-11-19-16(18)20-15(14)21-17(22)9-3-2-4-10-17;17-11-6-8-13(9-7-11)23-14-10-19-16(18)20-15(14)21(22)12-4-2-1-3-5-12;17-10-6-7-13(12(18)8-10)24-14-9-20-16(19)21-15(14)22(23)11-4-2-1-3-5-11;17-11-6-8-13(9-7-11)23-14-10-19-16(18)20-15(14)21(22)12-4-2-1-3-5-12/h6-9,12,23H,2-5,10-11H2,1H3,(H3,19,20,21,22);5-8,11,22H,2-4,9-10H2,1H3,(H3,18,19,20,21);1-10,22H,(H2,18,19,20);1-9,23H,(H2,19,20,21);1-10,22H,(H2,18,19,20). The molecule has 0 atom stereocenters. The van der Waals surface area contributed by atoms with Gasteiger partial charge in [-0.1, -0.05) is 155 Å². The smallest absolute Gasteiger partial charge is 0.222 e. The SMILES string of the molecule is CCc1ccc(Oc2cnc(N)nc2NC2(O)CCCCC2)cc1.Cc1ccc(Oc2cnc(N)nc2NC2(O)CCCCC2)cc1.Nc1ncc(Oc2ccc(Br)cc2)c(N(O)c2ccccc2)n1.Nc1ncc(Oc2ccc(Cl)cc2)c(N(O)c2ccccc2)n1.Nc1ncc(Oc2ccc(Cl)cc2Cl)c(N(O)c2ccccc2)n1. The topological polar surface area (TPSA) is 440 Å². The molecule has 2 aliphatic rings. The first-order chi connectivity index (χ1) is 56.4. The van der Waals surface area contributed by atoms with Gasteiger partial charge in [0.15, 0.2) is 40.4 Å². The summed E-state index contributed by atoms with van der Waals surface area (Å²) in [5.74, 6) is 6.03. The molecule has 5 heterocycles. The van der Waals surface area contributed by atoms with Crippen molar-refractivity contribution in [2.24, 2.45) is 0 Å². The van der Waals surface area contributed by atoms with Crippen molar-refractivity contribution < 1.29 is 49.5 Å². The first kappa shape index (κ1) is 85.2. The quantitative estimate of drug-likeness (QED) is 0.0235. The minimum atomic E-state index is -0.969. The van der Waals surface area contributed by atoms with E-state index in [0.717, 1.165) is 70.2 Å². The van der Waals surface area contributed by atoms with E-state index < -0.39 is 11.4 Å². The number of nitrogen functional groups attached to an aromatic ring is 5. The summed E-state index contributed by atoms with van der Waals surface area (Å²) in [7, 11) is 0. The van der Waals surface area contributed by atoms with Gasteiger partial charge in [0.25, 0.3) is 0 Å². The molecule has 0 radical (unpaired) electrons. The summed E-state index contributed by atoms with van der Waals surface area (Å²) >= 11 is 21.2. The second-order valence-electron chi connectivity index (χ2n) is 26.3. The van der Waals surface area contributed by atoms with Crippen LogP contribution in [0.3, 0.4) is 0 Å². The zero-order valence-corrected chi connectivity index (χ0v) is 67.1. The Bertz CT molecular complexity index is 5210. The Morgan fingerprint density at radius 3 is 1.07 bits per heavy atom. The highest BCUT2D eigenvalue weighted by molar-refractivity contribution is 9.10. The summed E-state index contributed by atoms with van der Waals surface area (Å²) in [6.45, 7) is 4.12. The lowest BCUT2D eigenvalue weighted by Gasteiger charge is -2.33. The number of nitrogens with zero attached hydrogens (tertiary/aromatic N) is 13. The van der Waals surface area contributed by atoms with E-state index >= 15 is 0 Å². The molecule has 5 aromatic heterocycles. The first-order valence-corrected chi connectivity index (χ1v) is 38.6. The number of aliphatic hydroxyl groups is 2. The monoisotopic (exact) mass is 1700 g/mol. The van der Waals surface area contributed by atoms with Crippen LogP contribution in [-0.4, -0.2) is 87.1 Å². The highest BCUT2D eigenvalue weighted by atomic mass is 79.9. The Morgan fingerprint density at radius 1 is 0.385 bits per heavy atom. The van der Waals surface area contributed by atoms with Crippen LogP contribution in [0.1, 0.15) is 82.3 Å². The zero-order chi connectivity index (χ0) is 82.9. The molecule has 604 valence electrons. The number of aryl methyl sites for hydroxylation is 2. The third kappa shape index (κ3) is 25.2. The lowest BCUT2D eigenvalue weighted by Crippen LogP contribution is -2.40. The molecule has 0 unspecified atom stereocenters. The van der Waals surface area contributed by atoms with Crippen LogP contribution in [0.4, 0.5) is 75.9 Å². The predicted molar refractivity (Wildman–Crippen MR) is 456 cm³/mol. The number of hydrogen-bond donors (Lipinski definition) is 12. The second kappa shape index (κ2) is 41.0. The van der Waals surface area contributed by atoms with Gasteiger partial charge < -0.3 is 73.2 Å². The minimum absolute atomic E-state index is 0.00506. The van der Waals surface area contributed by atoms with E-state index in [2.05, 4.69) is 83.3 Å². The third-order valence-corrected chi connectivity index (χ3v) is 18.8. The number of hydrogen-bond acceptors (Lipinski definition) is 30. The number of benzene rings is 8. The van der Waals surface area contributed by atoms with Crippen molar-refractivity contribution >= 4 is 127 Å². The lowest BCUT2D eigenvalue weighted by atomic mass is 9.92. The minimum Gasteiger partial charge on any atom is -0.452 e. The van der Waals surface area contributed by atoms with Crippen LogP contribution in [0, 0.1) is 6.92 Å². The number of rotatable bonds is 21. The number of anilines is 13. The molecule has 0 bridgehead atoms. The summed E-state index contributed by atoms with van der Waals surface area (Å²) in [6.07, 6.45) is 17.2. The molecule has 15 rings (SSSR count). The predicted octanol–water partition coefficient (Wildman–Crippen LogP) is 19.6. The van der Waals surface area contributed by atoms with Gasteiger partial charge in [-0.2, -0.15) is 24.9 Å². The maximum atomic E-state index is 10.7. The summed E-state index contributed by atoms with van der Waals surface area (Å²) in [5, 5.41) is 62.9. The Balaban J connectivity index is 0.000000144. The van der Waals surface area contributed by atoms with Gasteiger partial charge in [0, 0.05) is 14.5 Å². The third-order valence-electron chi connectivity index (χ3n) is 17.5. The van der Waals surface area contributed by atoms with Crippen LogP contribution in [0.2, 0.25) is 15.1 Å². The van der Waals surface area contributed by atoms with Crippen molar-refractivity contribution in [3.63, 3.8) is 0 Å². The van der Waals surface area contributed by atoms with Gasteiger partial charge in [0.1, 0.15) is 40.2 Å². The molecule has 34 heteroatoms. The van der Waals surface area contributed by atoms with E-state index in [1.165, 1.54) is 36.5 Å². The van der Waals surface area contributed by atoms with E-state index in [9.17, 15) is 25.8 Å². The van der Waals surface area contributed by atoms with Crippen molar-refractivity contribution in [3.8, 4) is 57.5 Å². The molecule has 8 aromatic carbocycles. The summed E-state index contributed by atoms with van der Waals surface area (Å²) in [4.78, 5) is 40.3. The van der Waals surface area contributed by atoms with Crippen molar-refractivity contribution in [1.29, 1.82) is 0 Å². The molecule has 2 saturated carbocycles. The molecule has 30 nitrogen and oxygen atoms in total. The van der Waals surface area contributed by atoms with Crippen LogP contribution in [0.15, 0.2) is 242 Å². The van der Waals surface area contributed by atoms with Gasteiger partial charge in [-0.25, -0.2) is 40.1 Å². The van der Waals surface area contributed by atoms with Crippen LogP contribution >= 0.6 is 50.7 Å². The van der Waals surface area contributed by atoms with Crippen molar-refractivity contribution in [2.45, 2.75) is 95.9 Å². The average molecular weight is 1710 g/mol. The fourth-order valence-electron chi connectivity index (χ4n) is 11.5. The largest absolute Gasteiger partial charge is 0.452 e. The molecule has 0 aliphatic heterocycles. The maximum absolute atomic E-state index is 10.7. The summed E-state index contributed by atoms with van der Waals surface area (Å²) in [5.41, 5.74) is 30.3. The van der Waals surface area contributed by atoms with Crippen molar-refractivity contribution in [3.05, 3.63) is 268 Å². The van der Waals surface area contributed by atoms with Gasteiger partial charge >= 0.3 is 0 Å². The average Bonchev–Trinajstić information content (AvgIpc) is 0.840. The molecule has 17 N–H and O–H groups in total. The molecule has 2 fully saturated rings. The molecular weight excluding hydrogens is 1620 g/mol. The number of ether oxygens (including phenoxy) is 5. The molecule has 13 aromatic rings. The highest BCUT2D eigenvalue weighted by Crippen LogP contribution is 2.41. The van der Waals surface area contributed by atoms with E-state index in [1.54, 1.807) is 127 Å². The maximum Gasteiger partial charge on any atom is 0.222 e. The molecule has 0 saturated heterocycles. The van der Waals surface area contributed by atoms with E-state index in [0.29, 0.717) is 110 Å². The molecule has 0 amide bonds. The number of nitrogens with one attached hydrogen (secondary N) is 2. The van der Waals surface area contributed by atoms with Crippen molar-refractivity contribution in [2.75, 3.05) is 54.5 Å². The van der Waals surface area contributed by atoms with Crippen LogP contribution in [-0.2, 0) is 6.42 Å². The van der Waals surface area contributed by atoms with E-state index in [1.807, 2.05) is 85.8 Å². The Kier molecular flexibility index (Phi) is 29.9. The number of para-hydroxylation sites is 3. The van der Waals surface area contributed by atoms with E-state index in [-0.39, 0.29) is 64.4 Å². The fraction of sp³-hybridized carbons (Fsp3) is 0.181. The van der Waals surface area contributed by atoms with Gasteiger partial charge in [-0.15, -0.1) is 0 Å². The van der Waals surface area contributed by atoms with Crippen LogP contribution < -0.4 is 78.2 Å². The van der Waals surface area contributed by atoms with Crippen LogP contribution in [0.25, 0.3) is 0 Å². The lowest BCUT2D eigenvalue weighted by molar-refractivity contribution is 0.0307. The van der Waals surface area contributed by atoms with Gasteiger partial charge in [0.2, 0.25) is 47.2 Å². The van der Waals surface area contributed by atoms with Crippen molar-refractivity contribution in [1.82, 2.24) is 49.8 Å². The molecule has 117 heavy (non-hydrogen) atoms. The Morgan fingerprint density at radius 2 is 0.701 bits per heavy atom. The van der Waals surface area contributed by atoms with Crippen LogP contribution in [0.5, 0.6) is 57.5 Å². The number of aromatic nitrogens is 10. The number of nitrogens with two attached hydrogens (primary N) is 5. The first-order valence-electron chi connectivity index (χ1n) is 36.7. The fourth-order valence-corrected chi connectivity index (χ4v) is 12.4. The molecular formula is C83H84BrCl3N20O10. The Hall–Kier alpha value is -12.7. The molecule has 0 spiro atoms. The summed E-state index contributed by atoms with van der Waals surface area (Å²) < 4.78 is 29.9.